The summed E-state index contributed by atoms with van der Waals surface area (Å²) in [5, 5.41) is 14.1. The number of benzene rings is 1. The van der Waals surface area contributed by atoms with E-state index in [0.29, 0.717) is 0 Å². The lowest BCUT2D eigenvalue weighted by Crippen LogP contribution is -2.52. The van der Waals surface area contributed by atoms with Crippen molar-refractivity contribution in [3.05, 3.63) is 64.3 Å². The lowest BCUT2D eigenvalue weighted by atomic mass is 10.1. The highest BCUT2D eigenvalue weighted by Crippen LogP contribution is 2.14. The fraction of sp³-hybridized carbons (Fsp3) is 0.455. The molecule has 168 valence electrons. The van der Waals surface area contributed by atoms with Gasteiger partial charge in [0.25, 0.3) is 5.69 Å². The third-order valence-electron chi connectivity index (χ3n) is 5.17. The average Bonchev–Trinajstić information content (AvgIpc) is 2.79. The van der Waals surface area contributed by atoms with Crippen molar-refractivity contribution in [3.8, 4) is 0 Å². The van der Waals surface area contributed by atoms with Gasteiger partial charge in [-0.2, -0.15) is 0 Å². The zero-order valence-corrected chi connectivity index (χ0v) is 20.3. The van der Waals surface area contributed by atoms with Gasteiger partial charge in [0.05, 0.1) is 4.92 Å². The Hall–Kier alpha value is -2.43. The molecule has 0 amide bonds. The highest BCUT2D eigenvalue weighted by molar-refractivity contribution is 14.0. The van der Waals surface area contributed by atoms with Gasteiger partial charge in [0.2, 0.25) is 0 Å². The number of pyridine rings is 1. The van der Waals surface area contributed by atoms with Crippen molar-refractivity contribution in [2.45, 2.75) is 26.2 Å². The molecule has 0 bridgehead atoms. The molecular formula is C22H31IN6O2. The van der Waals surface area contributed by atoms with Crippen molar-refractivity contribution in [1.82, 2.24) is 15.2 Å². The zero-order valence-electron chi connectivity index (χ0n) is 17.9. The van der Waals surface area contributed by atoms with Crippen LogP contribution in [0.15, 0.2) is 53.7 Å². The number of hydrogen-bond acceptors (Lipinski definition) is 5. The molecule has 9 heteroatoms. The molecule has 0 spiro atoms. The second kappa shape index (κ2) is 13.1. The molecule has 0 saturated carbocycles. The smallest absolute Gasteiger partial charge is 0.269 e. The fourth-order valence-corrected chi connectivity index (χ4v) is 3.52. The van der Waals surface area contributed by atoms with Crippen LogP contribution in [-0.2, 0) is 6.42 Å². The number of halogens is 1. The molecule has 3 rings (SSSR count). The Kier molecular flexibility index (Phi) is 10.5. The maximum absolute atomic E-state index is 10.7. The molecule has 1 fully saturated rings. The van der Waals surface area contributed by atoms with E-state index in [2.05, 4.69) is 33.1 Å². The minimum atomic E-state index is -0.364. The predicted octanol–water partition coefficient (Wildman–Crippen LogP) is 3.72. The van der Waals surface area contributed by atoms with Crippen molar-refractivity contribution >= 4 is 41.4 Å². The van der Waals surface area contributed by atoms with Crippen LogP contribution >= 0.6 is 24.0 Å². The number of anilines is 1. The third kappa shape index (κ3) is 7.64. The van der Waals surface area contributed by atoms with E-state index in [4.69, 9.17) is 4.99 Å². The predicted molar refractivity (Wildman–Crippen MR) is 135 cm³/mol. The monoisotopic (exact) mass is 538 g/mol. The summed E-state index contributed by atoms with van der Waals surface area (Å²) in [6.45, 7) is 7.42. The lowest BCUT2D eigenvalue weighted by molar-refractivity contribution is -0.384. The summed E-state index contributed by atoms with van der Waals surface area (Å²) in [6, 6.07) is 12.8. The summed E-state index contributed by atoms with van der Waals surface area (Å²) in [5.41, 5.74) is 1.27. The van der Waals surface area contributed by atoms with E-state index < -0.39 is 0 Å². The second-order valence-electron chi connectivity index (χ2n) is 7.28. The largest absolute Gasteiger partial charge is 0.357 e. The van der Waals surface area contributed by atoms with Crippen LogP contribution in [0.4, 0.5) is 11.5 Å². The summed E-state index contributed by atoms with van der Waals surface area (Å²) >= 11 is 0. The van der Waals surface area contributed by atoms with Crippen LogP contribution in [0.2, 0.25) is 0 Å². The van der Waals surface area contributed by atoms with Crippen LogP contribution < -0.4 is 10.2 Å². The summed E-state index contributed by atoms with van der Waals surface area (Å²) in [5.74, 6) is 2.01. The quantitative estimate of drug-likeness (QED) is 0.138. The minimum absolute atomic E-state index is 0. The second-order valence-corrected chi connectivity index (χ2v) is 7.28. The van der Waals surface area contributed by atoms with Gasteiger partial charge in [-0.1, -0.05) is 18.2 Å². The van der Waals surface area contributed by atoms with Gasteiger partial charge in [-0.15, -0.1) is 24.0 Å². The van der Waals surface area contributed by atoms with Crippen molar-refractivity contribution in [2.24, 2.45) is 4.99 Å². The van der Waals surface area contributed by atoms with Gasteiger partial charge in [0.15, 0.2) is 5.96 Å². The van der Waals surface area contributed by atoms with E-state index in [1.807, 2.05) is 30.5 Å². The molecule has 1 N–H and O–H groups in total. The maximum Gasteiger partial charge on any atom is 0.269 e. The standard InChI is InChI=1S/C22H30N6O2.HI/c1-2-23-22(27-17-15-26(16-18-27)21-8-4-6-13-24-21)25-14-5-3-7-19-9-11-20(12-10-19)28(29)30;/h4,6,8-13H,2-3,5,7,14-18H2,1H3,(H,23,25);1H. The number of hydrogen-bond donors (Lipinski definition) is 1. The Morgan fingerprint density at radius 1 is 1.13 bits per heavy atom. The van der Waals surface area contributed by atoms with Crippen LogP contribution in [0.25, 0.3) is 0 Å². The number of piperazine rings is 1. The van der Waals surface area contributed by atoms with Gasteiger partial charge in [0, 0.05) is 57.6 Å². The zero-order chi connectivity index (χ0) is 21.2. The van der Waals surface area contributed by atoms with Crippen molar-refractivity contribution in [1.29, 1.82) is 0 Å². The number of nitro benzene ring substituents is 1. The van der Waals surface area contributed by atoms with Gasteiger partial charge < -0.3 is 15.1 Å². The van der Waals surface area contributed by atoms with Crippen LogP contribution in [0.5, 0.6) is 0 Å². The highest BCUT2D eigenvalue weighted by atomic mass is 127. The van der Waals surface area contributed by atoms with Gasteiger partial charge in [-0.05, 0) is 43.9 Å². The third-order valence-corrected chi connectivity index (χ3v) is 5.17. The number of unbranched alkanes of at least 4 members (excludes halogenated alkanes) is 1. The highest BCUT2D eigenvalue weighted by Gasteiger charge is 2.20. The number of guanidine groups is 1. The van der Waals surface area contributed by atoms with E-state index in [1.165, 1.54) is 0 Å². The summed E-state index contributed by atoms with van der Waals surface area (Å²) in [4.78, 5) is 24.2. The van der Waals surface area contributed by atoms with Crippen LogP contribution in [0.1, 0.15) is 25.3 Å². The molecule has 1 aromatic carbocycles. The first-order valence-corrected chi connectivity index (χ1v) is 10.6. The number of nitrogens with one attached hydrogen (secondary N) is 1. The molecule has 1 aliphatic heterocycles. The number of nitrogens with zero attached hydrogens (tertiary/aromatic N) is 5. The minimum Gasteiger partial charge on any atom is -0.357 e. The first kappa shape index (κ1) is 24.8. The average molecular weight is 538 g/mol. The number of aryl methyl sites for hydroxylation is 1. The molecule has 0 unspecified atom stereocenters. The Morgan fingerprint density at radius 2 is 1.87 bits per heavy atom. The fourth-order valence-electron chi connectivity index (χ4n) is 3.52. The number of nitro groups is 1. The number of aromatic nitrogens is 1. The first-order chi connectivity index (χ1) is 14.7. The molecule has 1 aliphatic rings. The molecular weight excluding hydrogens is 507 g/mol. The lowest BCUT2D eigenvalue weighted by Gasteiger charge is -2.37. The normalized spacial score (nSPS) is 14.2. The topological polar surface area (TPSA) is 86.9 Å². The molecule has 2 aromatic rings. The van der Waals surface area contributed by atoms with Gasteiger partial charge in [-0.25, -0.2) is 4.98 Å². The van der Waals surface area contributed by atoms with Gasteiger partial charge >= 0.3 is 0 Å². The number of rotatable bonds is 8. The molecule has 1 saturated heterocycles. The van der Waals surface area contributed by atoms with Crippen LogP contribution in [0.3, 0.4) is 0 Å². The Bertz CT molecular complexity index is 824. The summed E-state index contributed by atoms with van der Waals surface area (Å²) < 4.78 is 0. The van der Waals surface area contributed by atoms with E-state index >= 15 is 0 Å². The SMILES string of the molecule is CCNC(=NCCCCc1ccc([N+](=O)[O-])cc1)N1CCN(c2ccccn2)CC1.I. The molecule has 0 radical (unpaired) electrons. The molecule has 31 heavy (non-hydrogen) atoms. The van der Waals surface area contributed by atoms with Gasteiger partial charge in [0.1, 0.15) is 5.82 Å². The van der Waals surface area contributed by atoms with Crippen molar-refractivity contribution in [2.75, 3.05) is 44.2 Å². The molecule has 0 aliphatic carbocycles. The van der Waals surface area contributed by atoms with Crippen LogP contribution in [-0.4, -0.2) is 60.0 Å². The molecule has 1 aromatic heterocycles. The number of non-ortho nitro benzene ring substituents is 1. The van der Waals surface area contributed by atoms with E-state index in [0.717, 1.165) is 75.9 Å². The maximum atomic E-state index is 10.7. The number of aliphatic imine (C=N–C) groups is 1. The summed E-state index contributed by atoms with van der Waals surface area (Å²) in [7, 11) is 0. The van der Waals surface area contributed by atoms with Crippen molar-refractivity contribution in [3.63, 3.8) is 0 Å². The summed E-state index contributed by atoms with van der Waals surface area (Å²) in [6.07, 6.45) is 4.74. The Labute approximate surface area is 200 Å². The Balaban J connectivity index is 0.00000341. The van der Waals surface area contributed by atoms with E-state index in [-0.39, 0.29) is 34.6 Å². The van der Waals surface area contributed by atoms with Crippen LogP contribution in [0, 0.1) is 10.1 Å². The molecule has 8 nitrogen and oxygen atoms in total. The van der Waals surface area contributed by atoms with E-state index in [9.17, 15) is 10.1 Å². The van der Waals surface area contributed by atoms with Gasteiger partial charge in [-0.3, -0.25) is 15.1 Å². The Morgan fingerprint density at radius 3 is 2.48 bits per heavy atom. The molecule has 0 atom stereocenters. The molecule has 2 heterocycles. The van der Waals surface area contributed by atoms with E-state index in [1.54, 1.807) is 12.1 Å². The first-order valence-electron chi connectivity index (χ1n) is 10.6. The van der Waals surface area contributed by atoms with Crippen molar-refractivity contribution < 1.29 is 4.92 Å².